The highest BCUT2D eigenvalue weighted by molar-refractivity contribution is 5.68. The molecule has 0 spiro atoms. The number of alkyl carbamates (subject to hydrolysis) is 1. The maximum atomic E-state index is 12.1. The van der Waals surface area contributed by atoms with E-state index in [0.717, 1.165) is 25.3 Å². The van der Waals surface area contributed by atoms with Gasteiger partial charge in [-0.2, -0.15) is 0 Å². The first kappa shape index (κ1) is 19.3. The third kappa shape index (κ3) is 6.55. The Hall–Kier alpha value is -0.770. The molecule has 1 fully saturated rings. The summed E-state index contributed by atoms with van der Waals surface area (Å²) in [6.07, 6.45) is 6.88. The van der Waals surface area contributed by atoms with Crippen LogP contribution in [0.1, 0.15) is 80.1 Å². The molecule has 1 unspecified atom stereocenters. The fraction of sp³-hybridized carbons (Fsp3) is 0.944. The smallest absolute Gasteiger partial charge is 0.408 e. The minimum atomic E-state index is -0.456. The molecule has 22 heavy (non-hydrogen) atoms. The highest BCUT2D eigenvalue weighted by Crippen LogP contribution is 2.30. The molecule has 0 aromatic heterocycles. The molecule has 4 nitrogen and oxygen atoms in total. The minimum absolute atomic E-state index is 0.226. The summed E-state index contributed by atoms with van der Waals surface area (Å²) in [7, 11) is 0. The van der Waals surface area contributed by atoms with E-state index in [1.54, 1.807) is 0 Å². The molecule has 1 aliphatic carbocycles. The monoisotopic (exact) mass is 312 g/mol. The number of carbonyl (C=O) groups is 1. The SMILES string of the molecule is CCC(CC)(CNC(C)CC1CCC1)NC(=O)OC(C)(C)C. The lowest BCUT2D eigenvalue weighted by atomic mass is 9.81. The predicted octanol–water partition coefficient (Wildman–Crippen LogP) is 4.24. The van der Waals surface area contributed by atoms with Gasteiger partial charge >= 0.3 is 6.09 Å². The molecule has 2 N–H and O–H groups in total. The van der Waals surface area contributed by atoms with E-state index in [-0.39, 0.29) is 11.6 Å². The maximum Gasteiger partial charge on any atom is 0.408 e. The number of hydrogen-bond donors (Lipinski definition) is 2. The minimum Gasteiger partial charge on any atom is -0.444 e. The van der Waals surface area contributed by atoms with E-state index in [1.807, 2.05) is 20.8 Å². The van der Waals surface area contributed by atoms with E-state index in [9.17, 15) is 4.79 Å². The van der Waals surface area contributed by atoms with Crippen LogP contribution in [0.3, 0.4) is 0 Å². The maximum absolute atomic E-state index is 12.1. The summed E-state index contributed by atoms with van der Waals surface area (Å²) in [4.78, 5) is 12.1. The Bertz CT molecular complexity index is 341. The van der Waals surface area contributed by atoms with Crippen LogP contribution < -0.4 is 10.6 Å². The largest absolute Gasteiger partial charge is 0.444 e. The van der Waals surface area contributed by atoms with Crippen LogP contribution in [0.2, 0.25) is 0 Å². The molecule has 1 aliphatic rings. The molecule has 1 amide bonds. The van der Waals surface area contributed by atoms with E-state index >= 15 is 0 Å². The van der Waals surface area contributed by atoms with Crippen molar-refractivity contribution in [2.45, 2.75) is 97.2 Å². The van der Waals surface area contributed by atoms with Crippen molar-refractivity contribution < 1.29 is 9.53 Å². The lowest BCUT2D eigenvalue weighted by Crippen LogP contribution is -2.56. The van der Waals surface area contributed by atoms with Crippen molar-refractivity contribution in [2.24, 2.45) is 5.92 Å². The molecule has 0 aromatic rings. The van der Waals surface area contributed by atoms with Gasteiger partial charge in [0, 0.05) is 12.6 Å². The first-order chi connectivity index (χ1) is 10.2. The molecule has 130 valence electrons. The third-order valence-corrected chi connectivity index (χ3v) is 4.82. The van der Waals surface area contributed by atoms with Crippen molar-refractivity contribution in [3.63, 3.8) is 0 Å². The van der Waals surface area contributed by atoms with Crippen LogP contribution >= 0.6 is 0 Å². The van der Waals surface area contributed by atoms with E-state index in [4.69, 9.17) is 4.74 Å². The van der Waals surface area contributed by atoms with Crippen LogP contribution in [0.5, 0.6) is 0 Å². The molecule has 4 heteroatoms. The summed E-state index contributed by atoms with van der Waals surface area (Å²) in [5.41, 5.74) is -0.682. The average Bonchev–Trinajstić information content (AvgIpc) is 2.37. The molecule has 0 aromatic carbocycles. The number of nitrogens with one attached hydrogen (secondary N) is 2. The fourth-order valence-electron chi connectivity index (χ4n) is 2.92. The Morgan fingerprint density at radius 2 is 1.82 bits per heavy atom. The zero-order valence-electron chi connectivity index (χ0n) is 15.4. The van der Waals surface area contributed by atoms with Crippen LogP contribution in [-0.2, 0) is 4.74 Å². The Balaban J connectivity index is 2.48. The van der Waals surface area contributed by atoms with Crippen LogP contribution in [0.25, 0.3) is 0 Å². The van der Waals surface area contributed by atoms with Gasteiger partial charge in [0.2, 0.25) is 0 Å². The molecule has 0 bridgehead atoms. The lowest BCUT2D eigenvalue weighted by molar-refractivity contribution is 0.0443. The standard InChI is InChI=1S/C18H36N2O2/c1-7-18(8-2,20-16(21)22-17(4,5)6)13-19-14(3)12-15-10-9-11-15/h14-15,19H,7-13H2,1-6H3,(H,20,21). The van der Waals surface area contributed by atoms with Gasteiger partial charge in [-0.05, 0) is 52.9 Å². The van der Waals surface area contributed by atoms with Crippen molar-refractivity contribution in [1.29, 1.82) is 0 Å². The van der Waals surface area contributed by atoms with Crippen molar-refractivity contribution in [3.8, 4) is 0 Å². The third-order valence-electron chi connectivity index (χ3n) is 4.82. The number of amides is 1. The van der Waals surface area contributed by atoms with Gasteiger partial charge in [0.15, 0.2) is 0 Å². The lowest BCUT2D eigenvalue weighted by Gasteiger charge is -2.36. The molecule has 1 saturated carbocycles. The van der Waals surface area contributed by atoms with Crippen LogP contribution in [-0.4, -0.2) is 29.8 Å². The summed E-state index contributed by atoms with van der Waals surface area (Å²) in [6, 6.07) is 0.503. The summed E-state index contributed by atoms with van der Waals surface area (Å²) in [5, 5.41) is 6.72. The average molecular weight is 312 g/mol. The van der Waals surface area contributed by atoms with Gasteiger partial charge in [-0.15, -0.1) is 0 Å². The summed E-state index contributed by atoms with van der Waals surface area (Å²) >= 11 is 0. The van der Waals surface area contributed by atoms with Gasteiger partial charge < -0.3 is 15.4 Å². The van der Waals surface area contributed by atoms with Gasteiger partial charge in [0.25, 0.3) is 0 Å². The Kier molecular flexibility index (Phi) is 7.17. The van der Waals surface area contributed by atoms with Crippen LogP contribution in [0, 0.1) is 5.92 Å². The number of ether oxygens (including phenoxy) is 1. The van der Waals surface area contributed by atoms with Crippen LogP contribution in [0.15, 0.2) is 0 Å². The molecule has 0 heterocycles. The predicted molar refractivity (Wildman–Crippen MR) is 92.1 cm³/mol. The van der Waals surface area contributed by atoms with Crippen LogP contribution in [0.4, 0.5) is 4.79 Å². The molecular weight excluding hydrogens is 276 g/mol. The number of rotatable bonds is 8. The number of hydrogen-bond acceptors (Lipinski definition) is 3. The van der Waals surface area contributed by atoms with E-state index in [1.165, 1.54) is 25.7 Å². The van der Waals surface area contributed by atoms with Gasteiger partial charge in [-0.3, -0.25) is 0 Å². The van der Waals surface area contributed by atoms with E-state index in [0.29, 0.717) is 6.04 Å². The molecule has 0 radical (unpaired) electrons. The molecule has 1 atom stereocenters. The number of carbonyl (C=O) groups excluding carboxylic acids is 1. The summed E-state index contributed by atoms with van der Waals surface area (Å²) in [6.45, 7) is 13.0. The summed E-state index contributed by atoms with van der Waals surface area (Å²) in [5.74, 6) is 0.902. The highest BCUT2D eigenvalue weighted by atomic mass is 16.6. The summed E-state index contributed by atoms with van der Waals surface area (Å²) < 4.78 is 5.42. The first-order valence-corrected chi connectivity index (χ1v) is 8.94. The van der Waals surface area contributed by atoms with Crippen molar-refractivity contribution >= 4 is 6.09 Å². The topological polar surface area (TPSA) is 50.4 Å². The van der Waals surface area contributed by atoms with Gasteiger partial charge in [-0.1, -0.05) is 33.1 Å². The van der Waals surface area contributed by atoms with Gasteiger partial charge in [-0.25, -0.2) is 4.79 Å². The highest BCUT2D eigenvalue weighted by Gasteiger charge is 2.31. The Morgan fingerprint density at radius 3 is 2.23 bits per heavy atom. The van der Waals surface area contributed by atoms with Crippen molar-refractivity contribution in [1.82, 2.24) is 10.6 Å². The Labute approximate surface area is 136 Å². The molecule has 1 rings (SSSR count). The van der Waals surface area contributed by atoms with Crippen molar-refractivity contribution in [2.75, 3.05) is 6.54 Å². The van der Waals surface area contributed by atoms with Crippen molar-refractivity contribution in [3.05, 3.63) is 0 Å². The normalized spacial score (nSPS) is 17.7. The molecule has 0 saturated heterocycles. The second-order valence-electron chi connectivity index (χ2n) is 7.93. The Morgan fingerprint density at radius 1 is 1.23 bits per heavy atom. The van der Waals surface area contributed by atoms with Gasteiger partial charge in [0.05, 0.1) is 5.54 Å². The zero-order chi connectivity index (χ0) is 16.8. The second kappa shape index (κ2) is 8.19. The second-order valence-corrected chi connectivity index (χ2v) is 7.93. The molecule has 0 aliphatic heterocycles. The van der Waals surface area contributed by atoms with E-state index < -0.39 is 5.60 Å². The first-order valence-electron chi connectivity index (χ1n) is 8.94. The van der Waals surface area contributed by atoms with Gasteiger partial charge in [0.1, 0.15) is 5.60 Å². The zero-order valence-corrected chi connectivity index (χ0v) is 15.4. The van der Waals surface area contributed by atoms with E-state index in [2.05, 4.69) is 31.4 Å². The molecular formula is C18H36N2O2. The quantitative estimate of drug-likeness (QED) is 0.705. The fourth-order valence-corrected chi connectivity index (χ4v) is 2.92.